The smallest absolute Gasteiger partial charge is 0.410 e. The number of carbonyl (C=O) groups excluding carboxylic acids is 3. The molecule has 1 fully saturated rings. The average Bonchev–Trinajstić information content (AvgIpc) is 2.54. The third kappa shape index (κ3) is 7.75. The lowest BCUT2D eigenvalue weighted by Gasteiger charge is -2.40. The minimum atomic E-state index is -4.61. The highest BCUT2D eigenvalue weighted by molar-refractivity contribution is 5.87. The van der Waals surface area contributed by atoms with E-state index in [0.29, 0.717) is 0 Å². The van der Waals surface area contributed by atoms with Crippen molar-refractivity contribution in [1.29, 1.82) is 0 Å². The Kier molecular flexibility index (Phi) is 7.49. The number of rotatable bonds is 4. The van der Waals surface area contributed by atoms with Crippen molar-refractivity contribution in [1.82, 2.24) is 15.1 Å². The zero-order chi connectivity index (χ0) is 20.8. The number of piperazine rings is 1. The molecule has 1 aliphatic rings. The van der Waals surface area contributed by atoms with Crippen LogP contribution in [0.4, 0.5) is 22.8 Å². The van der Waals surface area contributed by atoms with Gasteiger partial charge in [0.25, 0.3) is 0 Å². The standard InChI is InChI=1S/C16H24F3N3O5/c1-5-8-26-14(25)22-7-6-21(13(24)27-15(2,3)4)9-11(22)12(23)20-10-16(17,18)19/h5,11H,1,6-10H2,2-4H3,(H,20,23)/t11-/m0/s1. The lowest BCUT2D eigenvalue weighted by atomic mass is 10.1. The molecule has 0 aromatic heterocycles. The van der Waals surface area contributed by atoms with Gasteiger partial charge < -0.3 is 19.7 Å². The third-order valence-corrected chi connectivity index (χ3v) is 3.36. The summed E-state index contributed by atoms with van der Waals surface area (Å²) >= 11 is 0. The molecule has 0 aromatic rings. The highest BCUT2D eigenvalue weighted by Crippen LogP contribution is 2.17. The first-order valence-corrected chi connectivity index (χ1v) is 8.20. The molecule has 11 heteroatoms. The molecule has 8 nitrogen and oxygen atoms in total. The van der Waals surface area contributed by atoms with Crippen molar-refractivity contribution in [3.8, 4) is 0 Å². The fraction of sp³-hybridized carbons (Fsp3) is 0.688. The largest absolute Gasteiger partial charge is 0.445 e. The Balaban J connectivity index is 2.90. The van der Waals surface area contributed by atoms with Crippen LogP contribution in [0.15, 0.2) is 12.7 Å². The lowest BCUT2D eigenvalue weighted by molar-refractivity contribution is -0.142. The van der Waals surface area contributed by atoms with Crippen molar-refractivity contribution in [2.45, 2.75) is 38.6 Å². The number of nitrogens with zero attached hydrogens (tertiary/aromatic N) is 2. The molecule has 0 saturated carbocycles. The molecule has 1 aliphatic heterocycles. The summed E-state index contributed by atoms with van der Waals surface area (Å²) in [4.78, 5) is 38.7. The molecule has 0 aromatic carbocycles. The van der Waals surface area contributed by atoms with Gasteiger partial charge in [-0.3, -0.25) is 9.69 Å². The first-order valence-electron chi connectivity index (χ1n) is 8.20. The summed E-state index contributed by atoms with van der Waals surface area (Å²) in [6, 6.07) is -1.34. The number of nitrogens with one attached hydrogen (secondary N) is 1. The van der Waals surface area contributed by atoms with Crippen LogP contribution in [0.5, 0.6) is 0 Å². The molecular weight excluding hydrogens is 371 g/mol. The molecule has 0 spiro atoms. The number of ether oxygens (including phenoxy) is 2. The van der Waals surface area contributed by atoms with Gasteiger partial charge in [0.15, 0.2) is 0 Å². The van der Waals surface area contributed by atoms with E-state index in [1.807, 2.05) is 0 Å². The average molecular weight is 395 g/mol. The molecule has 0 aliphatic carbocycles. The molecule has 1 rings (SSSR count). The van der Waals surface area contributed by atoms with E-state index in [2.05, 4.69) is 6.58 Å². The highest BCUT2D eigenvalue weighted by atomic mass is 19.4. The van der Waals surface area contributed by atoms with E-state index in [-0.39, 0.29) is 26.2 Å². The number of hydrogen-bond acceptors (Lipinski definition) is 5. The van der Waals surface area contributed by atoms with Gasteiger partial charge in [-0.1, -0.05) is 12.7 Å². The van der Waals surface area contributed by atoms with E-state index in [1.54, 1.807) is 26.1 Å². The van der Waals surface area contributed by atoms with Crippen LogP contribution in [0.3, 0.4) is 0 Å². The Hall–Kier alpha value is -2.46. The maximum absolute atomic E-state index is 12.4. The van der Waals surface area contributed by atoms with Crippen LogP contribution in [-0.2, 0) is 14.3 Å². The molecule has 1 heterocycles. The summed E-state index contributed by atoms with van der Waals surface area (Å²) in [7, 11) is 0. The molecule has 3 amide bonds. The second-order valence-electron chi connectivity index (χ2n) is 6.83. The second kappa shape index (κ2) is 8.96. The maximum atomic E-state index is 12.4. The van der Waals surface area contributed by atoms with Crippen molar-refractivity contribution in [3.05, 3.63) is 12.7 Å². The number of hydrogen-bond donors (Lipinski definition) is 1. The molecule has 1 atom stereocenters. The summed E-state index contributed by atoms with van der Waals surface area (Å²) in [6.07, 6.45) is -4.90. The summed E-state index contributed by atoms with van der Waals surface area (Å²) in [5, 5.41) is 1.73. The lowest BCUT2D eigenvalue weighted by Crippen LogP contribution is -2.62. The monoisotopic (exact) mass is 395 g/mol. The van der Waals surface area contributed by atoms with Crippen molar-refractivity contribution in [3.63, 3.8) is 0 Å². The van der Waals surface area contributed by atoms with Gasteiger partial charge >= 0.3 is 18.4 Å². The Bertz CT molecular complexity index is 575. The predicted molar refractivity (Wildman–Crippen MR) is 88.9 cm³/mol. The Labute approximate surface area is 155 Å². The summed E-state index contributed by atoms with van der Waals surface area (Å²) in [5.41, 5.74) is -0.787. The SMILES string of the molecule is C=CCOC(=O)N1CCN(C(=O)OC(C)(C)C)C[C@H]1C(=O)NCC(F)(F)F. The molecule has 1 N–H and O–H groups in total. The molecular formula is C16H24F3N3O5. The Morgan fingerprint density at radius 2 is 1.81 bits per heavy atom. The van der Waals surface area contributed by atoms with Gasteiger partial charge in [0.2, 0.25) is 5.91 Å². The van der Waals surface area contributed by atoms with Crippen LogP contribution in [0.2, 0.25) is 0 Å². The fourth-order valence-electron chi connectivity index (χ4n) is 2.24. The summed E-state index contributed by atoms with van der Waals surface area (Å²) < 4.78 is 47.2. The highest BCUT2D eigenvalue weighted by Gasteiger charge is 2.40. The first-order chi connectivity index (χ1) is 12.3. The van der Waals surface area contributed by atoms with Gasteiger partial charge in [0, 0.05) is 13.1 Å². The first kappa shape index (κ1) is 22.6. The van der Waals surface area contributed by atoms with Gasteiger partial charge in [-0.05, 0) is 20.8 Å². The minimum absolute atomic E-state index is 0.0428. The van der Waals surface area contributed by atoms with Crippen LogP contribution in [0.25, 0.3) is 0 Å². The Morgan fingerprint density at radius 3 is 2.33 bits per heavy atom. The number of halogens is 3. The van der Waals surface area contributed by atoms with Gasteiger partial charge in [0.05, 0.1) is 6.54 Å². The number of alkyl halides is 3. The zero-order valence-corrected chi connectivity index (χ0v) is 15.5. The van der Waals surface area contributed by atoms with Gasteiger partial charge in [-0.15, -0.1) is 0 Å². The van der Waals surface area contributed by atoms with Crippen molar-refractivity contribution >= 4 is 18.1 Å². The van der Waals surface area contributed by atoms with Gasteiger partial charge in [-0.25, -0.2) is 9.59 Å². The summed E-state index contributed by atoms with van der Waals surface area (Å²) in [6.45, 7) is 6.30. The van der Waals surface area contributed by atoms with E-state index in [9.17, 15) is 27.6 Å². The van der Waals surface area contributed by atoms with Crippen LogP contribution in [0, 0.1) is 0 Å². The van der Waals surface area contributed by atoms with Crippen LogP contribution in [-0.4, -0.2) is 78.5 Å². The molecule has 154 valence electrons. The van der Waals surface area contributed by atoms with E-state index in [1.165, 1.54) is 11.0 Å². The Morgan fingerprint density at radius 1 is 1.19 bits per heavy atom. The molecule has 27 heavy (non-hydrogen) atoms. The quantitative estimate of drug-likeness (QED) is 0.735. The fourth-order valence-corrected chi connectivity index (χ4v) is 2.24. The normalized spacial score (nSPS) is 17.9. The van der Waals surface area contributed by atoms with Crippen LogP contribution >= 0.6 is 0 Å². The van der Waals surface area contributed by atoms with E-state index in [4.69, 9.17) is 9.47 Å². The zero-order valence-electron chi connectivity index (χ0n) is 15.5. The maximum Gasteiger partial charge on any atom is 0.410 e. The van der Waals surface area contributed by atoms with E-state index < -0.39 is 42.5 Å². The topological polar surface area (TPSA) is 88.2 Å². The minimum Gasteiger partial charge on any atom is -0.445 e. The predicted octanol–water partition coefficient (Wildman–Crippen LogP) is 1.91. The number of amides is 3. The van der Waals surface area contributed by atoms with Crippen molar-refractivity contribution in [2.75, 3.05) is 32.8 Å². The van der Waals surface area contributed by atoms with Crippen LogP contribution < -0.4 is 5.32 Å². The molecule has 0 unspecified atom stereocenters. The third-order valence-electron chi connectivity index (χ3n) is 3.36. The van der Waals surface area contributed by atoms with Gasteiger partial charge in [0.1, 0.15) is 24.8 Å². The molecule has 1 saturated heterocycles. The van der Waals surface area contributed by atoms with Crippen molar-refractivity contribution in [2.24, 2.45) is 0 Å². The number of carbonyl (C=O) groups is 3. The van der Waals surface area contributed by atoms with Gasteiger partial charge in [-0.2, -0.15) is 13.2 Å². The second-order valence-corrected chi connectivity index (χ2v) is 6.83. The van der Waals surface area contributed by atoms with E-state index in [0.717, 1.165) is 4.90 Å². The molecule has 0 bridgehead atoms. The van der Waals surface area contributed by atoms with Crippen molar-refractivity contribution < 1.29 is 37.0 Å². The van der Waals surface area contributed by atoms with Crippen LogP contribution in [0.1, 0.15) is 20.8 Å². The summed E-state index contributed by atoms with van der Waals surface area (Å²) in [5.74, 6) is -1.05. The van der Waals surface area contributed by atoms with E-state index >= 15 is 0 Å². The molecule has 0 radical (unpaired) electrons.